The van der Waals surface area contributed by atoms with E-state index in [1.165, 1.54) is 0 Å². The van der Waals surface area contributed by atoms with Gasteiger partial charge in [0, 0.05) is 24.6 Å². The SMILES string of the molecule is CC(C)(C)OC(=O)N1CCC(c2nn(C(c3ccccc3)c3ccccc3)c3c2[C@@H](C(F)(F)F)[C@H](O)C(=O)C3)CC1. The second-order valence-corrected chi connectivity index (χ2v) is 11.8. The van der Waals surface area contributed by atoms with E-state index < -0.39 is 47.6 Å². The van der Waals surface area contributed by atoms with Gasteiger partial charge in [-0.2, -0.15) is 18.3 Å². The third-order valence-electron chi connectivity index (χ3n) is 7.74. The minimum Gasteiger partial charge on any atom is -0.444 e. The molecule has 1 amide bonds. The van der Waals surface area contributed by atoms with Crippen LogP contribution in [0.2, 0.25) is 0 Å². The normalized spacial score (nSPS) is 20.3. The number of nitrogens with zero attached hydrogens (tertiary/aromatic N) is 3. The van der Waals surface area contributed by atoms with Crippen LogP contribution in [0.4, 0.5) is 18.0 Å². The Kier molecular flexibility index (Phi) is 7.72. The van der Waals surface area contributed by atoms with E-state index >= 15 is 0 Å². The summed E-state index contributed by atoms with van der Waals surface area (Å²) in [6, 6.07) is 18.0. The summed E-state index contributed by atoms with van der Waals surface area (Å²) in [6.45, 7) is 5.91. The Bertz CT molecular complexity index is 1350. The van der Waals surface area contributed by atoms with Gasteiger partial charge in [0.15, 0.2) is 5.78 Å². The summed E-state index contributed by atoms with van der Waals surface area (Å²) in [5.74, 6) is -3.66. The van der Waals surface area contributed by atoms with E-state index in [2.05, 4.69) is 0 Å². The maximum atomic E-state index is 14.6. The minimum absolute atomic E-state index is 0.114. The molecule has 2 aliphatic rings. The maximum Gasteiger partial charge on any atom is 0.410 e. The third-order valence-corrected chi connectivity index (χ3v) is 7.74. The van der Waals surface area contributed by atoms with Crippen LogP contribution in [0.1, 0.15) is 79.6 Å². The highest BCUT2D eigenvalue weighted by Gasteiger charge is 2.54. The molecule has 41 heavy (non-hydrogen) atoms. The molecule has 0 saturated carbocycles. The molecule has 0 spiro atoms. The van der Waals surface area contributed by atoms with Crippen molar-refractivity contribution in [2.24, 2.45) is 0 Å². The summed E-state index contributed by atoms with van der Waals surface area (Å²) >= 11 is 0. The molecule has 3 aromatic rings. The van der Waals surface area contributed by atoms with Gasteiger partial charge in [-0.1, -0.05) is 60.7 Å². The van der Waals surface area contributed by atoms with E-state index in [1.807, 2.05) is 60.7 Å². The smallest absolute Gasteiger partial charge is 0.410 e. The van der Waals surface area contributed by atoms with Crippen molar-refractivity contribution < 1.29 is 32.6 Å². The fourth-order valence-corrected chi connectivity index (χ4v) is 5.90. The number of likely N-dealkylation sites (tertiary alicyclic amines) is 1. The molecule has 1 aliphatic carbocycles. The number of amides is 1. The number of fused-ring (bicyclic) bond motifs is 1. The Morgan fingerprint density at radius 1 is 0.976 bits per heavy atom. The number of alkyl halides is 3. The summed E-state index contributed by atoms with van der Waals surface area (Å²) in [5, 5.41) is 15.4. The lowest BCUT2D eigenvalue weighted by Crippen LogP contribution is -2.43. The van der Waals surface area contributed by atoms with Gasteiger partial charge in [-0.25, -0.2) is 4.79 Å². The Hall–Kier alpha value is -3.66. The van der Waals surface area contributed by atoms with Crippen LogP contribution in [-0.2, 0) is 16.0 Å². The zero-order valence-electron chi connectivity index (χ0n) is 23.3. The molecule has 0 radical (unpaired) electrons. The first kappa shape index (κ1) is 28.9. The highest BCUT2D eigenvalue weighted by Crippen LogP contribution is 2.48. The van der Waals surface area contributed by atoms with Gasteiger partial charge in [0.2, 0.25) is 0 Å². The highest BCUT2D eigenvalue weighted by molar-refractivity contribution is 5.88. The van der Waals surface area contributed by atoms with Crippen molar-refractivity contribution in [1.29, 1.82) is 0 Å². The van der Waals surface area contributed by atoms with E-state index in [-0.39, 0.29) is 23.4 Å². The summed E-state index contributed by atoms with van der Waals surface area (Å²) in [4.78, 5) is 27.0. The lowest BCUT2D eigenvalue weighted by molar-refractivity contribution is -0.179. The molecular weight excluding hydrogens is 535 g/mol. The van der Waals surface area contributed by atoms with Gasteiger partial charge in [-0.3, -0.25) is 9.48 Å². The van der Waals surface area contributed by atoms with Crippen LogP contribution in [0.3, 0.4) is 0 Å². The van der Waals surface area contributed by atoms with E-state index in [0.29, 0.717) is 25.9 Å². The van der Waals surface area contributed by atoms with Crippen LogP contribution in [0, 0.1) is 0 Å². The number of aromatic nitrogens is 2. The number of carbonyl (C=O) groups is 2. The second-order valence-electron chi connectivity index (χ2n) is 11.8. The van der Waals surface area contributed by atoms with E-state index in [4.69, 9.17) is 9.84 Å². The van der Waals surface area contributed by atoms with Crippen LogP contribution < -0.4 is 0 Å². The Morgan fingerprint density at radius 2 is 1.51 bits per heavy atom. The molecule has 1 aliphatic heterocycles. The summed E-state index contributed by atoms with van der Waals surface area (Å²) in [6.07, 6.45) is -7.14. The standard InChI is InChI=1S/C31H34F3N3O4/c1-30(2,3)41-29(40)36-16-14-19(15-17-36)26-24-22(18-23(38)28(39)25(24)31(32,33)34)37(35-26)27(20-10-6-4-7-11-20)21-12-8-5-9-13-21/h4-13,19,25,27-28,39H,14-18H2,1-3H3/t25-,28-/m1/s1. The minimum atomic E-state index is -4.86. The van der Waals surface area contributed by atoms with E-state index in [9.17, 15) is 27.9 Å². The number of aliphatic hydroxyl groups excluding tert-OH is 1. The van der Waals surface area contributed by atoms with Crippen molar-refractivity contribution in [3.05, 3.63) is 88.7 Å². The van der Waals surface area contributed by atoms with Gasteiger partial charge in [0.1, 0.15) is 23.7 Å². The molecule has 10 heteroatoms. The summed E-state index contributed by atoms with van der Waals surface area (Å²) in [7, 11) is 0. The molecule has 1 saturated heterocycles. The number of ether oxygens (including phenoxy) is 1. The molecule has 1 aromatic heterocycles. The topological polar surface area (TPSA) is 84.7 Å². The molecule has 218 valence electrons. The van der Waals surface area contributed by atoms with Gasteiger partial charge in [0.25, 0.3) is 0 Å². The largest absolute Gasteiger partial charge is 0.444 e. The number of aliphatic hydroxyl groups is 1. The highest BCUT2D eigenvalue weighted by atomic mass is 19.4. The van der Waals surface area contributed by atoms with Crippen molar-refractivity contribution in [2.45, 2.75) is 75.8 Å². The van der Waals surface area contributed by atoms with Crippen LogP contribution in [0.5, 0.6) is 0 Å². The first-order valence-corrected chi connectivity index (χ1v) is 13.8. The van der Waals surface area contributed by atoms with Crippen LogP contribution in [0.25, 0.3) is 0 Å². The molecule has 2 aromatic carbocycles. The molecule has 0 bridgehead atoms. The van der Waals surface area contributed by atoms with Crippen LogP contribution >= 0.6 is 0 Å². The molecule has 0 unspecified atom stereocenters. The Labute approximate surface area is 236 Å². The number of halogens is 3. The van der Waals surface area contributed by atoms with Gasteiger partial charge in [-0.05, 0) is 44.7 Å². The molecule has 2 heterocycles. The van der Waals surface area contributed by atoms with Gasteiger partial charge < -0.3 is 14.7 Å². The zero-order valence-corrected chi connectivity index (χ0v) is 23.3. The number of Topliss-reactive ketones (excluding diaryl/α,β-unsaturated/α-hetero) is 1. The van der Waals surface area contributed by atoms with Crippen molar-refractivity contribution >= 4 is 11.9 Å². The van der Waals surface area contributed by atoms with Gasteiger partial charge in [0.05, 0.1) is 17.8 Å². The number of hydrogen-bond acceptors (Lipinski definition) is 5. The third kappa shape index (κ3) is 5.88. The fourth-order valence-electron chi connectivity index (χ4n) is 5.90. The molecule has 2 atom stereocenters. The quantitative estimate of drug-likeness (QED) is 0.432. The van der Waals surface area contributed by atoms with Crippen molar-refractivity contribution in [1.82, 2.24) is 14.7 Å². The molecule has 1 fully saturated rings. The first-order chi connectivity index (χ1) is 19.3. The predicted octanol–water partition coefficient (Wildman–Crippen LogP) is 5.77. The number of piperidine rings is 1. The lowest BCUT2D eigenvalue weighted by atomic mass is 9.78. The fraction of sp³-hybridized carbons (Fsp3) is 0.452. The predicted molar refractivity (Wildman–Crippen MR) is 146 cm³/mol. The summed E-state index contributed by atoms with van der Waals surface area (Å²) < 4.78 is 50.7. The van der Waals surface area contributed by atoms with Crippen molar-refractivity contribution in [3.63, 3.8) is 0 Å². The second kappa shape index (κ2) is 11.0. The first-order valence-electron chi connectivity index (χ1n) is 13.8. The summed E-state index contributed by atoms with van der Waals surface area (Å²) in [5.41, 5.74) is 1.23. The van der Waals surface area contributed by atoms with Crippen molar-refractivity contribution in [2.75, 3.05) is 13.1 Å². The Morgan fingerprint density at radius 3 is 2.00 bits per heavy atom. The Balaban J connectivity index is 1.62. The van der Waals surface area contributed by atoms with Crippen LogP contribution in [0.15, 0.2) is 60.7 Å². The van der Waals surface area contributed by atoms with E-state index in [1.54, 1.807) is 30.4 Å². The maximum absolute atomic E-state index is 14.6. The molecule has 5 rings (SSSR count). The van der Waals surface area contributed by atoms with Crippen LogP contribution in [-0.4, -0.2) is 62.6 Å². The molecule has 7 nitrogen and oxygen atoms in total. The zero-order chi connectivity index (χ0) is 29.5. The molecule has 1 N–H and O–H groups in total. The average Bonchev–Trinajstić information content (AvgIpc) is 3.27. The van der Waals surface area contributed by atoms with Gasteiger partial charge >= 0.3 is 12.3 Å². The monoisotopic (exact) mass is 569 g/mol. The van der Waals surface area contributed by atoms with Crippen molar-refractivity contribution in [3.8, 4) is 0 Å². The number of ketones is 1. The van der Waals surface area contributed by atoms with Gasteiger partial charge in [-0.15, -0.1) is 0 Å². The average molecular weight is 570 g/mol. The number of benzene rings is 2. The molecular formula is C31H34F3N3O4. The number of carbonyl (C=O) groups excluding carboxylic acids is 2. The van der Waals surface area contributed by atoms with E-state index in [0.717, 1.165) is 11.1 Å². The number of hydrogen-bond donors (Lipinski definition) is 1. The lowest BCUT2D eigenvalue weighted by Gasteiger charge is -2.34. The number of rotatable bonds is 4.